The van der Waals surface area contributed by atoms with Gasteiger partial charge in [-0.1, -0.05) is 13.8 Å². The SMILES string of the molecule is CC(C)C(N)CCN(C)C(=O)c1ccc(S(=O)(=O)CC(N)=O)cc1. The van der Waals surface area contributed by atoms with Gasteiger partial charge in [0.25, 0.3) is 5.91 Å². The minimum atomic E-state index is -3.77. The van der Waals surface area contributed by atoms with E-state index in [0.29, 0.717) is 24.4 Å². The first-order valence-electron chi connectivity index (χ1n) is 7.66. The summed E-state index contributed by atoms with van der Waals surface area (Å²) in [5, 5.41) is 0. The maximum atomic E-state index is 12.3. The summed E-state index contributed by atoms with van der Waals surface area (Å²) >= 11 is 0. The molecule has 1 atom stereocenters. The summed E-state index contributed by atoms with van der Waals surface area (Å²) < 4.78 is 23.8. The quantitative estimate of drug-likeness (QED) is 0.698. The fraction of sp³-hybridized carbons (Fsp3) is 0.500. The van der Waals surface area contributed by atoms with Gasteiger partial charge in [-0.25, -0.2) is 8.42 Å². The first kappa shape index (κ1) is 20.1. The molecule has 1 aromatic rings. The number of amides is 2. The van der Waals surface area contributed by atoms with Gasteiger partial charge in [0.15, 0.2) is 9.84 Å². The third-order valence-corrected chi connectivity index (χ3v) is 5.45. The van der Waals surface area contributed by atoms with Gasteiger partial charge in [0.05, 0.1) is 4.90 Å². The number of sulfone groups is 1. The maximum absolute atomic E-state index is 12.3. The Kier molecular flexibility index (Phi) is 6.92. The molecule has 8 heteroatoms. The van der Waals surface area contributed by atoms with Crippen LogP contribution in [0.15, 0.2) is 29.2 Å². The average Bonchev–Trinajstić information content (AvgIpc) is 2.50. The van der Waals surface area contributed by atoms with Crippen LogP contribution in [0, 0.1) is 5.92 Å². The van der Waals surface area contributed by atoms with Crippen molar-refractivity contribution in [3.05, 3.63) is 29.8 Å². The van der Waals surface area contributed by atoms with E-state index < -0.39 is 21.5 Å². The molecule has 4 N–H and O–H groups in total. The Balaban J connectivity index is 2.78. The fourth-order valence-electron chi connectivity index (χ4n) is 2.07. The Morgan fingerprint density at radius 2 is 1.71 bits per heavy atom. The van der Waals surface area contributed by atoms with Gasteiger partial charge in [-0.15, -0.1) is 0 Å². The zero-order valence-corrected chi connectivity index (χ0v) is 15.0. The summed E-state index contributed by atoms with van der Waals surface area (Å²) in [5.74, 6) is -1.56. The molecular formula is C16H25N3O4S. The van der Waals surface area contributed by atoms with Crippen LogP contribution in [0.1, 0.15) is 30.6 Å². The number of carbonyl (C=O) groups excluding carboxylic acids is 2. The predicted octanol–water partition coefficient (Wildman–Crippen LogP) is 0.391. The van der Waals surface area contributed by atoms with E-state index in [1.165, 1.54) is 24.3 Å². The van der Waals surface area contributed by atoms with E-state index in [0.717, 1.165) is 0 Å². The molecule has 0 saturated carbocycles. The van der Waals surface area contributed by atoms with Crippen LogP contribution in [0.4, 0.5) is 0 Å². The van der Waals surface area contributed by atoms with Crippen LogP contribution in [-0.4, -0.2) is 50.5 Å². The van der Waals surface area contributed by atoms with Crippen LogP contribution < -0.4 is 11.5 Å². The topological polar surface area (TPSA) is 124 Å². The van der Waals surface area contributed by atoms with E-state index in [1.807, 2.05) is 13.8 Å². The molecule has 1 unspecified atom stereocenters. The van der Waals surface area contributed by atoms with E-state index in [1.54, 1.807) is 11.9 Å². The second-order valence-corrected chi connectivity index (χ2v) is 8.16. The van der Waals surface area contributed by atoms with Gasteiger partial charge in [-0.2, -0.15) is 0 Å². The molecule has 0 aliphatic carbocycles. The van der Waals surface area contributed by atoms with Gasteiger partial charge >= 0.3 is 0 Å². The smallest absolute Gasteiger partial charge is 0.253 e. The molecule has 0 heterocycles. The third kappa shape index (κ3) is 5.61. The normalized spacial score (nSPS) is 12.9. The van der Waals surface area contributed by atoms with Crippen LogP contribution in [0.5, 0.6) is 0 Å². The summed E-state index contributed by atoms with van der Waals surface area (Å²) in [6.07, 6.45) is 0.685. The lowest BCUT2D eigenvalue weighted by atomic mass is 10.0. The van der Waals surface area contributed by atoms with Crippen LogP contribution >= 0.6 is 0 Å². The van der Waals surface area contributed by atoms with Crippen molar-refractivity contribution in [2.75, 3.05) is 19.3 Å². The summed E-state index contributed by atoms with van der Waals surface area (Å²) in [6.45, 7) is 4.56. The Bertz CT molecular complexity index is 684. The molecule has 0 aliphatic heterocycles. The Morgan fingerprint density at radius 1 is 1.17 bits per heavy atom. The molecule has 1 aromatic carbocycles. The van der Waals surface area contributed by atoms with E-state index in [9.17, 15) is 18.0 Å². The third-order valence-electron chi connectivity index (χ3n) is 3.79. The number of carbonyl (C=O) groups is 2. The predicted molar refractivity (Wildman–Crippen MR) is 92.1 cm³/mol. The molecule has 0 aromatic heterocycles. The monoisotopic (exact) mass is 355 g/mol. The number of hydrogen-bond acceptors (Lipinski definition) is 5. The average molecular weight is 355 g/mol. The number of benzene rings is 1. The standard InChI is InChI=1S/C16H25N3O4S/c1-11(2)14(17)8-9-19(3)16(21)12-4-6-13(7-5-12)24(22,23)10-15(18)20/h4-7,11,14H,8-10,17H2,1-3H3,(H2,18,20). The van der Waals surface area contributed by atoms with E-state index in [2.05, 4.69) is 0 Å². The fourth-order valence-corrected chi connectivity index (χ4v) is 3.17. The van der Waals surface area contributed by atoms with Gasteiger partial charge < -0.3 is 16.4 Å². The summed E-state index contributed by atoms with van der Waals surface area (Å²) in [7, 11) is -2.10. The van der Waals surface area contributed by atoms with Crippen molar-refractivity contribution in [1.82, 2.24) is 4.90 Å². The van der Waals surface area contributed by atoms with Crippen molar-refractivity contribution < 1.29 is 18.0 Å². The molecule has 2 amide bonds. The van der Waals surface area contributed by atoms with E-state index in [4.69, 9.17) is 11.5 Å². The van der Waals surface area contributed by atoms with Crippen LogP contribution in [0.2, 0.25) is 0 Å². The number of primary amides is 1. The van der Waals surface area contributed by atoms with Crippen LogP contribution in [-0.2, 0) is 14.6 Å². The van der Waals surface area contributed by atoms with Crippen LogP contribution in [0.3, 0.4) is 0 Å². The molecule has 0 bridgehead atoms. The van der Waals surface area contributed by atoms with Crippen molar-refractivity contribution in [2.45, 2.75) is 31.2 Å². The van der Waals surface area contributed by atoms with Crippen LogP contribution in [0.25, 0.3) is 0 Å². The largest absolute Gasteiger partial charge is 0.369 e. The Labute approximate surface area is 142 Å². The zero-order valence-electron chi connectivity index (χ0n) is 14.2. The van der Waals surface area contributed by atoms with Crippen molar-refractivity contribution in [2.24, 2.45) is 17.4 Å². The van der Waals surface area contributed by atoms with Gasteiger partial charge in [-0.05, 0) is 36.6 Å². The second-order valence-electron chi connectivity index (χ2n) is 6.17. The maximum Gasteiger partial charge on any atom is 0.253 e. The molecule has 0 saturated heterocycles. The van der Waals surface area contributed by atoms with Gasteiger partial charge in [0, 0.05) is 25.2 Å². The summed E-state index contributed by atoms with van der Waals surface area (Å²) in [4.78, 5) is 24.6. The van der Waals surface area contributed by atoms with Gasteiger partial charge in [0.1, 0.15) is 5.75 Å². The minimum Gasteiger partial charge on any atom is -0.369 e. The molecular weight excluding hydrogens is 330 g/mol. The number of rotatable bonds is 8. The molecule has 24 heavy (non-hydrogen) atoms. The molecule has 134 valence electrons. The number of hydrogen-bond donors (Lipinski definition) is 2. The second kappa shape index (κ2) is 8.25. The Hall–Kier alpha value is -1.93. The number of nitrogens with zero attached hydrogens (tertiary/aromatic N) is 1. The number of nitrogens with two attached hydrogens (primary N) is 2. The molecule has 1 rings (SSSR count). The van der Waals surface area contributed by atoms with Gasteiger partial charge in [0.2, 0.25) is 5.91 Å². The highest BCUT2D eigenvalue weighted by Gasteiger charge is 2.19. The molecule has 0 spiro atoms. The highest BCUT2D eigenvalue weighted by molar-refractivity contribution is 7.92. The minimum absolute atomic E-state index is 0.0153. The molecule has 0 radical (unpaired) electrons. The Morgan fingerprint density at radius 3 is 2.17 bits per heavy atom. The zero-order chi connectivity index (χ0) is 18.5. The summed E-state index contributed by atoms with van der Waals surface area (Å²) in [5.41, 5.74) is 11.3. The van der Waals surface area contributed by atoms with Crippen molar-refractivity contribution in [1.29, 1.82) is 0 Å². The highest BCUT2D eigenvalue weighted by Crippen LogP contribution is 2.14. The molecule has 0 fully saturated rings. The molecule has 7 nitrogen and oxygen atoms in total. The van der Waals surface area contributed by atoms with Crippen molar-refractivity contribution >= 4 is 21.7 Å². The van der Waals surface area contributed by atoms with E-state index >= 15 is 0 Å². The lowest BCUT2D eigenvalue weighted by Crippen LogP contribution is -2.34. The van der Waals surface area contributed by atoms with Gasteiger partial charge in [-0.3, -0.25) is 9.59 Å². The summed E-state index contributed by atoms with van der Waals surface area (Å²) in [6, 6.07) is 5.48. The van der Waals surface area contributed by atoms with E-state index in [-0.39, 0.29) is 16.8 Å². The highest BCUT2D eigenvalue weighted by atomic mass is 32.2. The van der Waals surface area contributed by atoms with Crippen molar-refractivity contribution in [3.63, 3.8) is 0 Å². The lowest BCUT2D eigenvalue weighted by molar-refractivity contribution is -0.115. The lowest BCUT2D eigenvalue weighted by Gasteiger charge is -2.21. The first-order valence-corrected chi connectivity index (χ1v) is 9.32. The van der Waals surface area contributed by atoms with Crippen molar-refractivity contribution in [3.8, 4) is 0 Å². The first-order chi connectivity index (χ1) is 11.0. The molecule has 0 aliphatic rings.